The molecule has 1 aliphatic carbocycles. The van der Waals surface area contributed by atoms with Crippen molar-refractivity contribution >= 4 is 28.6 Å². The van der Waals surface area contributed by atoms with Crippen LogP contribution in [0.4, 0.5) is 4.79 Å². The lowest BCUT2D eigenvalue weighted by molar-refractivity contribution is 0.0205. The molecule has 37 heavy (non-hydrogen) atoms. The monoisotopic (exact) mass is 519 g/mol. The summed E-state index contributed by atoms with van der Waals surface area (Å²) in [5.41, 5.74) is 3.59. The number of piperidine rings is 1. The van der Waals surface area contributed by atoms with Crippen molar-refractivity contribution in [2.24, 2.45) is 0 Å². The number of aromatic nitrogens is 2. The number of hydrogen-bond donors (Lipinski definition) is 0. The van der Waals surface area contributed by atoms with Crippen LogP contribution in [0.5, 0.6) is 0 Å². The van der Waals surface area contributed by atoms with Crippen molar-refractivity contribution in [3.05, 3.63) is 68.7 Å². The normalized spacial score (nSPS) is 19.2. The lowest BCUT2D eigenvalue weighted by Gasteiger charge is -2.35. The van der Waals surface area contributed by atoms with Gasteiger partial charge in [-0.2, -0.15) is 4.98 Å². The molecule has 6 rings (SSSR count). The summed E-state index contributed by atoms with van der Waals surface area (Å²) in [4.78, 5) is 32.3. The van der Waals surface area contributed by atoms with E-state index in [9.17, 15) is 9.59 Å². The summed E-state index contributed by atoms with van der Waals surface area (Å²) in [5, 5.41) is 0.940. The second kappa shape index (κ2) is 8.87. The van der Waals surface area contributed by atoms with Gasteiger partial charge in [0.05, 0.1) is 27.0 Å². The smallest absolute Gasteiger partial charge is 0.410 e. The third-order valence-corrected chi connectivity index (χ3v) is 8.71. The van der Waals surface area contributed by atoms with Crippen LogP contribution >= 0.6 is 11.6 Å². The Labute approximate surface area is 222 Å². The molecule has 1 spiro atoms. The Hall–Kier alpha value is -2.86. The number of benzene rings is 2. The highest BCUT2D eigenvalue weighted by Crippen LogP contribution is 2.52. The van der Waals surface area contributed by atoms with Crippen LogP contribution in [-0.2, 0) is 10.2 Å². The Bertz CT molecular complexity index is 1440. The van der Waals surface area contributed by atoms with Gasteiger partial charge in [0, 0.05) is 13.1 Å². The van der Waals surface area contributed by atoms with Gasteiger partial charge in [0.1, 0.15) is 11.4 Å². The summed E-state index contributed by atoms with van der Waals surface area (Å²) in [6.07, 6.45) is 7.06. The molecular formula is C30H34ClN3O3. The van der Waals surface area contributed by atoms with E-state index in [2.05, 4.69) is 22.8 Å². The number of carbonyl (C=O) groups is 1. The number of likely N-dealkylation sites (tertiary alicyclic amines) is 1. The van der Waals surface area contributed by atoms with Crippen LogP contribution in [0.15, 0.2) is 41.2 Å². The minimum atomic E-state index is -0.485. The average molecular weight is 520 g/mol. The van der Waals surface area contributed by atoms with Crippen molar-refractivity contribution < 1.29 is 9.53 Å². The van der Waals surface area contributed by atoms with Crippen LogP contribution in [0.2, 0.25) is 5.02 Å². The number of rotatable bonds is 1. The number of hydrogen-bond acceptors (Lipinski definition) is 4. The quantitative estimate of drug-likeness (QED) is 0.358. The predicted molar refractivity (Wildman–Crippen MR) is 146 cm³/mol. The number of amides is 1. The third kappa shape index (κ3) is 4.04. The maximum Gasteiger partial charge on any atom is 0.410 e. The number of carbonyl (C=O) groups excluding carboxylic acids is 1. The van der Waals surface area contributed by atoms with Crippen LogP contribution in [0.1, 0.15) is 88.6 Å². The van der Waals surface area contributed by atoms with Crippen LogP contribution < -0.4 is 5.56 Å². The Morgan fingerprint density at radius 3 is 2.51 bits per heavy atom. The first kappa shape index (κ1) is 24.5. The topological polar surface area (TPSA) is 64.4 Å². The molecule has 0 bridgehead atoms. The van der Waals surface area contributed by atoms with Crippen LogP contribution in [-0.4, -0.2) is 39.2 Å². The van der Waals surface area contributed by atoms with Crippen LogP contribution in [0.25, 0.3) is 16.6 Å². The highest BCUT2D eigenvalue weighted by molar-refractivity contribution is 6.35. The Kier molecular flexibility index (Phi) is 5.86. The van der Waals surface area contributed by atoms with Gasteiger partial charge >= 0.3 is 6.09 Å². The summed E-state index contributed by atoms with van der Waals surface area (Å²) < 4.78 is 7.78. The van der Waals surface area contributed by atoms with Gasteiger partial charge in [-0.05, 0) is 81.7 Å². The summed E-state index contributed by atoms with van der Waals surface area (Å²) in [6, 6.07) is 12.5. The molecule has 0 N–H and O–H groups in total. The Morgan fingerprint density at radius 1 is 1.08 bits per heavy atom. The summed E-state index contributed by atoms with van der Waals surface area (Å²) in [7, 11) is 0. The molecular weight excluding hydrogens is 486 g/mol. The van der Waals surface area contributed by atoms with Crippen LogP contribution in [0.3, 0.4) is 0 Å². The zero-order valence-electron chi connectivity index (χ0n) is 21.8. The van der Waals surface area contributed by atoms with Crippen LogP contribution in [0, 0.1) is 0 Å². The number of nitrogens with zero attached hydrogens (tertiary/aromatic N) is 3. The molecule has 6 nitrogen and oxygen atoms in total. The predicted octanol–water partition coefficient (Wildman–Crippen LogP) is 6.72. The number of fused-ring (bicyclic) bond motifs is 7. The molecule has 0 radical (unpaired) electrons. The molecule has 3 heterocycles. The van der Waals surface area contributed by atoms with Gasteiger partial charge in [-0.15, -0.1) is 0 Å². The zero-order chi connectivity index (χ0) is 25.9. The molecule has 3 aliphatic rings. The molecule has 7 heteroatoms. The Morgan fingerprint density at radius 2 is 1.81 bits per heavy atom. The molecule has 2 aliphatic heterocycles. The molecule has 1 aromatic heterocycles. The summed E-state index contributed by atoms with van der Waals surface area (Å²) in [5.74, 6) is 1.26. The molecule has 1 saturated carbocycles. The van der Waals surface area contributed by atoms with Gasteiger partial charge in [0.2, 0.25) is 0 Å². The first-order valence-corrected chi connectivity index (χ1v) is 13.9. The fourth-order valence-electron chi connectivity index (χ4n) is 6.67. The zero-order valence-corrected chi connectivity index (χ0v) is 22.6. The van der Waals surface area contributed by atoms with Gasteiger partial charge in [0.15, 0.2) is 0 Å². The van der Waals surface area contributed by atoms with E-state index >= 15 is 0 Å². The van der Waals surface area contributed by atoms with E-state index < -0.39 is 5.60 Å². The molecule has 3 aromatic rings. The summed E-state index contributed by atoms with van der Waals surface area (Å²) in [6.45, 7) is 7.10. The van der Waals surface area contributed by atoms with E-state index in [1.807, 2.05) is 37.8 Å². The fraction of sp³-hybridized carbons (Fsp3) is 0.500. The molecule has 2 aromatic carbocycles. The van der Waals surface area contributed by atoms with E-state index in [4.69, 9.17) is 21.3 Å². The maximum absolute atomic E-state index is 13.2. The molecule has 2 fully saturated rings. The SMILES string of the molecule is CC(C)(C)OC(=O)N1CCC(c2ccc3c(c2)C2(CCCCC2)c2nc(=O)c4c(Cl)cccc4n2-3)CC1. The van der Waals surface area contributed by atoms with Crippen molar-refractivity contribution in [1.82, 2.24) is 14.5 Å². The minimum Gasteiger partial charge on any atom is -0.444 e. The lowest BCUT2D eigenvalue weighted by atomic mass is 9.69. The van der Waals surface area contributed by atoms with Crippen molar-refractivity contribution in [2.75, 3.05) is 13.1 Å². The fourth-order valence-corrected chi connectivity index (χ4v) is 6.92. The van der Waals surface area contributed by atoms with Gasteiger partial charge in [0.25, 0.3) is 5.56 Å². The van der Waals surface area contributed by atoms with E-state index in [-0.39, 0.29) is 17.1 Å². The second-order valence-corrected chi connectivity index (χ2v) is 12.3. The van der Waals surface area contributed by atoms with Crippen molar-refractivity contribution in [3.63, 3.8) is 0 Å². The summed E-state index contributed by atoms with van der Waals surface area (Å²) >= 11 is 6.47. The number of ether oxygens (including phenoxy) is 1. The van der Waals surface area contributed by atoms with E-state index in [0.717, 1.165) is 55.6 Å². The lowest BCUT2D eigenvalue weighted by Crippen LogP contribution is -2.41. The van der Waals surface area contributed by atoms with E-state index in [1.54, 1.807) is 6.07 Å². The highest BCUT2D eigenvalue weighted by Gasteiger charge is 2.46. The largest absolute Gasteiger partial charge is 0.444 e. The average Bonchev–Trinajstić information content (AvgIpc) is 3.12. The van der Waals surface area contributed by atoms with E-state index in [1.165, 1.54) is 17.5 Å². The van der Waals surface area contributed by atoms with Gasteiger partial charge in [-0.1, -0.05) is 49.1 Å². The minimum absolute atomic E-state index is 0.224. The van der Waals surface area contributed by atoms with Gasteiger partial charge < -0.3 is 9.64 Å². The molecule has 194 valence electrons. The molecule has 1 saturated heterocycles. The first-order valence-electron chi connectivity index (χ1n) is 13.5. The third-order valence-electron chi connectivity index (χ3n) is 8.40. The standard InChI is InChI=1S/C30H34ClN3O3/c1-29(2,3)37-28(36)33-16-12-19(13-17-33)20-10-11-23-21(18-20)30(14-5-4-6-15-30)27-32-26(35)25-22(31)8-7-9-24(25)34(23)27/h7-11,18-19H,4-6,12-17H2,1-3H3. The van der Waals surface area contributed by atoms with Crippen molar-refractivity contribution in [2.45, 2.75) is 82.7 Å². The number of halogens is 1. The van der Waals surface area contributed by atoms with Crippen molar-refractivity contribution in [1.29, 1.82) is 0 Å². The maximum atomic E-state index is 13.2. The molecule has 0 atom stereocenters. The molecule has 1 amide bonds. The van der Waals surface area contributed by atoms with Crippen molar-refractivity contribution in [3.8, 4) is 5.69 Å². The second-order valence-electron chi connectivity index (χ2n) is 11.9. The first-order chi connectivity index (χ1) is 17.7. The van der Waals surface area contributed by atoms with Gasteiger partial charge in [-0.3, -0.25) is 9.36 Å². The van der Waals surface area contributed by atoms with E-state index in [0.29, 0.717) is 29.4 Å². The Balaban J connectivity index is 1.38. The highest BCUT2D eigenvalue weighted by atomic mass is 35.5. The van der Waals surface area contributed by atoms with Gasteiger partial charge in [-0.25, -0.2) is 4.79 Å². The molecule has 0 unspecified atom stereocenters.